The third-order valence-electron chi connectivity index (χ3n) is 5.52. The molecule has 1 aliphatic heterocycles. The summed E-state index contributed by atoms with van der Waals surface area (Å²) < 4.78 is 16.0. The third kappa shape index (κ3) is 3.96. The number of rotatable bonds is 4. The van der Waals surface area contributed by atoms with Crippen LogP contribution in [0.5, 0.6) is 0 Å². The predicted molar refractivity (Wildman–Crippen MR) is 115 cm³/mol. The van der Waals surface area contributed by atoms with Gasteiger partial charge in [-0.3, -0.25) is 23.7 Å². The van der Waals surface area contributed by atoms with Gasteiger partial charge in [0.1, 0.15) is 17.9 Å². The minimum Gasteiger partial charge on any atom is -0.355 e. The van der Waals surface area contributed by atoms with Crippen LogP contribution in [0.3, 0.4) is 0 Å². The molecular weight excluding hydrogens is 415 g/mol. The Hall–Kier alpha value is -4.01. The van der Waals surface area contributed by atoms with Crippen LogP contribution in [0.1, 0.15) is 21.5 Å². The number of benzene rings is 1. The van der Waals surface area contributed by atoms with Gasteiger partial charge in [0.25, 0.3) is 17.0 Å². The van der Waals surface area contributed by atoms with Crippen LogP contribution >= 0.6 is 0 Å². The van der Waals surface area contributed by atoms with Gasteiger partial charge < -0.3 is 14.8 Å². The number of aromatic nitrogens is 2. The van der Waals surface area contributed by atoms with Gasteiger partial charge in [0.2, 0.25) is 5.91 Å². The van der Waals surface area contributed by atoms with E-state index in [-0.39, 0.29) is 30.1 Å². The molecule has 0 saturated heterocycles. The molecule has 0 fully saturated rings. The van der Waals surface area contributed by atoms with E-state index in [1.54, 1.807) is 29.4 Å². The summed E-state index contributed by atoms with van der Waals surface area (Å²) in [5.74, 6) is -1.21. The first-order valence-corrected chi connectivity index (χ1v) is 10.1. The SMILES string of the molecule is CNC(=O)c1c2c(cn(-c3ccc(F)cc3)c1=O)CN(C(=O)Cn1ccccc1=O)CC2. The van der Waals surface area contributed by atoms with E-state index < -0.39 is 17.3 Å². The average Bonchev–Trinajstić information content (AvgIpc) is 2.80. The molecule has 1 N–H and O–H groups in total. The molecule has 0 saturated carbocycles. The van der Waals surface area contributed by atoms with E-state index in [1.165, 1.54) is 46.5 Å². The Kier molecular flexibility index (Phi) is 5.72. The summed E-state index contributed by atoms with van der Waals surface area (Å²) in [4.78, 5) is 52.0. The first-order valence-electron chi connectivity index (χ1n) is 10.1. The van der Waals surface area contributed by atoms with E-state index in [1.807, 2.05) is 0 Å². The van der Waals surface area contributed by atoms with Crippen LogP contribution in [0.4, 0.5) is 4.39 Å². The van der Waals surface area contributed by atoms with Gasteiger partial charge in [0, 0.05) is 44.3 Å². The number of nitrogens with zero attached hydrogens (tertiary/aromatic N) is 3. The van der Waals surface area contributed by atoms with Crippen LogP contribution in [0.25, 0.3) is 5.69 Å². The maximum absolute atomic E-state index is 13.4. The van der Waals surface area contributed by atoms with Crippen molar-refractivity contribution in [3.63, 3.8) is 0 Å². The molecule has 4 rings (SSSR count). The molecule has 9 heteroatoms. The number of hydrogen-bond acceptors (Lipinski definition) is 4. The molecule has 0 radical (unpaired) electrons. The molecule has 3 aromatic rings. The lowest BCUT2D eigenvalue weighted by Crippen LogP contribution is -2.42. The molecule has 0 bridgehead atoms. The van der Waals surface area contributed by atoms with Crippen molar-refractivity contribution < 1.29 is 14.0 Å². The fourth-order valence-electron chi connectivity index (χ4n) is 3.86. The second-order valence-electron chi connectivity index (χ2n) is 7.47. The first kappa shape index (κ1) is 21.2. The van der Waals surface area contributed by atoms with Gasteiger partial charge in [0.05, 0.1) is 0 Å². The monoisotopic (exact) mass is 436 g/mol. The number of carbonyl (C=O) groups excluding carboxylic acids is 2. The van der Waals surface area contributed by atoms with E-state index in [4.69, 9.17) is 0 Å². The second-order valence-corrected chi connectivity index (χ2v) is 7.47. The zero-order valence-corrected chi connectivity index (χ0v) is 17.4. The Morgan fingerprint density at radius 1 is 1.09 bits per heavy atom. The van der Waals surface area contributed by atoms with Gasteiger partial charge in [0.15, 0.2) is 0 Å². The highest BCUT2D eigenvalue weighted by Gasteiger charge is 2.28. The number of carbonyl (C=O) groups is 2. The summed E-state index contributed by atoms with van der Waals surface area (Å²) in [6.45, 7) is 0.396. The fraction of sp³-hybridized carbons (Fsp3) is 0.217. The Morgan fingerprint density at radius 2 is 1.84 bits per heavy atom. The highest BCUT2D eigenvalue weighted by Crippen LogP contribution is 2.22. The lowest BCUT2D eigenvalue weighted by molar-refractivity contribution is -0.132. The molecule has 2 aromatic heterocycles. The van der Waals surface area contributed by atoms with E-state index in [0.717, 1.165) is 0 Å². The molecule has 8 nitrogen and oxygen atoms in total. The molecule has 32 heavy (non-hydrogen) atoms. The molecule has 1 aliphatic rings. The van der Waals surface area contributed by atoms with Gasteiger partial charge in [-0.05, 0) is 47.9 Å². The number of hydrogen-bond donors (Lipinski definition) is 1. The molecule has 0 spiro atoms. The standard InChI is InChI=1S/C23H21FN4O4/c1-25-22(31)21-18-9-11-27(20(30)14-26-10-3-2-4-19(26)29)12-15(18)13-28(23(21)32)17-7-5-16(24)6-8-17/h2-8,10,13H,9,11-12,14H2,1H3,(H,25,31). The summed E-state index contributed by atoms with van der Waals surface area (Å²) in [5.41, 5.74) is 0.876. The average molecular weight is 436 g/mol. The van der Waals surface area contributed by atoms with Crippen molar-refractivity contribution >= 4 is 11.8 Å². The van der Waals surface area contributed by atoms with Crippen LogP contribution in [0.2, 0.25) is 0 Å². The number of amides is 2. The summed E-state index contributed by atoms with van der Waals surface area (Å²) in [7, 11) is 1.44. The Labute approximate surface area is 182 Å². The van der Waals surface area contributed by atoms with Crippen LogP contribution in [0, 0.1) is 5.82 Å². The zero-order valence-electron chi connectivity index (χ0n) is 17.4. The summed E-state index contributed by atoms with van der Waals surface area (Å²) in [6.07, 6.45) is 3.46. The summed E-state index contributed by atoms with van der Waals surface area (Å²) in [5, 5.41) is 2.50. The van der Waals surface area contributed by atoms with Crippen LogP contribution in [-0.2, 0) is 24.3 Å². The van der Waals surface area contributed by atoms with Crippen molar-refractivity contribution in [2.24, 2.45) is 0 Å². The molecule has 0 atom stereocenters. The lowest BCUT2D eigenvalue weighted by atomic mass is 9.95. The van der Waals surface area contributed by atoms with Gasteiger partial charge >= 0.3 is 0 Å². The minimum absolute atomic E-state index is 0.0145. The summed E-state index contributed by atoms with van der Waals surface area (Å²) >= 11 is 0. The maximum Gasteiger partial charge on any atom is 0.268 e. The van der Waals surface area contributed by atoms with Crippen molar-refractivity contribution in [2.75, 3.05) is 13.6 Å². The van der Waals surface area contributed by atoms with Crippen molar-refractivity contribution in [3.8, 4) is 5.69 Å². The fourth-order valence-corrected chi connectivity index (χ4v) is 3.86. The Morgan fingerprint density at radius 3 is 2.53 bits per heavy atom. The predicted octanol–water partition coefficient (Wildman–Crippen LogP) is 1.08. The molecular formula is C23H21FN4O4. The van der Waals surface area contributed by atoms with Gasteiger partial charge in [-0.15, -0.1) is 0 Å². The molecule has 1 aromatic carbocycles. The van der Waals surface area contributed by atoms with Crippen molar-refractivity contribution in [2.45, 2.75) is 19.5 Å². The molecule has 2 amide bonds. The van der Waals surface area contributed by atoms with E-state index >= 15 is 0 Å². The molecule has 3 heterocycles. The molecule has 0 unspecified atom stereocenters. The number of fused-ring (bicyclic) bond motifs is 1. The normalized spacial score (nSPS) is 12.9. The number of nitrogens with one attached hydrogen (secondary N) is 1. The zero-order chi connectivity index (χ0) is 22.8. The van der Waals surface area contributed by atoms with E-state index in [0.29, 0.717) is 29.8 Å². The first-order chi connectivity index (χ1) is 15.4. The van der Waals surface area contributed by atoms with Crippen molar-refractivity contribution in [1.29, 1.82) is 0 Å². The summed E-state index contributed by atoms with van der Waals surface area (Å²) in [6, 6.07) is 10.0. The minimum atomic E-state index is -0.515. The van der Waals surface area contributed by atoms with Crippen molar-refractivity contribution in [3.05, 3.63) is 98.1 Å². The van der Waals surface area contributed by atoms with Crippen molar-refractivity contribution in [1.82, 2.24) is 19.4 Å². The van der Waals surface area contributed by atoms with E-state index in [2.05, 4.69) is 5.32 Å². The molecule has 164 valence electrons. The highest BCUT2D eigenvalue weighted by molar-refractivity contribution is 5.95. The van der Waals surface area contributed by atoms with E-state index in [9.17, 15) is 23.6 Å². The van der Waals surface area contributed by atoms with Gasteiger partial charge in [-0.25, -0.2) is 4.39 Å². The second kappa shape index (κ2) is 8.62. The maximum atomic E-state index is 13.4. The van der Waals surface area contributed by atoms with Crippen LogP contribution in [-0.4, -0.2) is 39.4 Å². The third-order valence-corrected chi connectivity index (χ3v) is 5.52. The van der Waals surface area contributed by atoms with Crippen LogP contribution < -0.4 is 16.4 Å². The smallest absolute Gasteiger partial charge is 0.268 e. The van der Waals surface area contributed by atoms with Gasteiger partial charge in [-0.2, -0.15) is 0 Å². The largest absolute Gasteiger partial charge is 0.355 e. The Bertz CT molecular complexity index is 1310. The number of pyridine rings is 2. The Balaban J connectivity index is 1.72. The molecule has 0 aliphatic carbocycles. The quantitative estimate of drug-likeness (QED) is 0.663. The lowest BCUT2D eigenvalue weighted by Gasteiger charge is -2.30. The number of halogens is 1. The topological polar surface area (TPSA) is 93.4 Å². The van der Waals surface area contributed by atoms with Gasteiger partial charge in [-0.1, -0.05) is 6.07 Å². The highest BCUT2D eigenvalue weighted by atomic mass is 19.1. The van der Waals surface area contributed by atoms with Crippen LogP contribution in [0.15, 0.2) is 64.4 Å².